The monoisotopic (exact) mass is 287 g/mol. The van der Waals surface area contributed by atoms with E-state index in [1.165, 1.54) is 0 Å². The molecule has 0 aliphatic rings. The number of aromatic nitrogens is 2. The second-order valence-corrected chi connectivity index (χ2v) is 4.55. The van der Waals surface area contributed by atoms with E-state index in [0.717, 1.165) is 30.0 Å². The highest BCUT2D eigenvalue weighted by molar-refractivity contribution is 5.63. The Labute approximate surface area is 125 Å². The van der Waals surface area contributed by atoms with Gasteiger partial charge in [0.25, 0.3) is 0 Å². The minimum atomic E-state index is 0.198. The zero-order valence-corrected chi connectivity index (χ0v) is 12.2. The number of nitrogens with zero attached hydrogens (tertiary/aromatic N) is 2. The van der Waals surface area contributed by atoms with Gasteiger partial charge in [-0.15, -0.1) is 0 Å². The average Bonchev–Trinajstić information content (AvgIpc) is 2.53. The first-order valence-electron chi connectivity index (χ1n) is 7.21. The number of ether oxygens (including phenoxy) is 1. The first-order chi connectivity index (χ1) is 10.3. The second kappa shape index (κ2) is 8.34. The van der Waals surface area contributed by atoms with Gasteiger partial charge in [0.1, 0.15) is 5.75 Å². The molecular weight excluding hydrogens is 266 g/mol. The Hall–Kier alpha value is -1.98. The van der Waals surface area contributed by atoms with Gasteiger partial charge in [-0.05, 0) is 38.1 Å². The number of para-hydroxylation sites is 1. The van der Waals surface area contributed by atoms with Crippen LogP contribution in [0.4, 0.5) is 0 Å². The summed E-state index contributed by atoms with van der Waals surface area (Å²) < 4.78 is 5.62. The quantitative estimate of drug-likeness (QED) is 0.727. The van der Waals surface area contributed by atoms with E-state index >= 15 is 0 Å². The van der Waals surface area contributed by atoms with E-state index in [-0.39, 0.29) is 6.61 Å². The van der Waals surface area contributed by atoms with Gasteiger partial charge < -0.3 is 15.2 Å². The maximum absolute atomic E-state index is 8.76. The molecule has 0 spiro atoms. The molecule has 0 unspecified atom stereocenters. The summed E-state index contributed by atoms with van der Waals surface area (Å²) in [5.74, 6) is 1.46. The second-order valence-electron chi connectivity index (χ2n) is 4.55. The molecule has 1 aromatic carbocycles. The Kier molecular flexibility index (Phi) is 6.12. The van der Waals surface area contributed by atoms with Gasteiger partial charge >= 0.3 is 0 Å². The molecule has 0 saturated heterocycles. The van der Waals surface area contributed by atoms with Crippen LogP contribution in [0.5, 0.6) is 5.75 Å². The van der Waals surface area contributed by atoms with Crippen LogP contribution in [-0.2, 0) is 6.54 Å². The number of nitrogens with one attached hydrogen (secondary N) is 1. The van der Waals surface area contributed by atoms with Crippen LogP contribution in [0.25, 0.3) is 11.4 Å². The molecule has 1 heterocycles. The molecule has 0 bridgehead atoms. The smallest absolute Gasteiger partial charge is 0.163 e. The number of hydrogen-bond acceptors (Lipinski definition) is 5. The first kappa shape index (κ1) is 15.4. The summed E-state index contributed by atoms with van der Waals surface area (Å²) in [6.45, 7) is 4.19. The normalized spacial score (nSPS) is 10.6. The number of aliphatic hydroxyl groups excluding tert-OH is 1. The summed E-state index contributed by atoms with van der Waals surface area (Å²) in [6.07, 6.45) is 2.50. The molecule has 0 aliphatic heterocycles. The Balaban J connectivity index is 2.13. The van der Waals surface area contributed by atoms with Crippen LogP contribution in [0.1, 0.15) is 19.0 Å². The summed E-state index contributed by atoms with van der Waals surface area (Å²) in [5, 5.41) is 12.0. The van der Waals surface area contributed by atoms with Gasteiger partial charge in [-0.2, -0.15) is 0 Å². The summed E-state index contributed by atoms with van der Waals surface area (Å²) in [6, 6.07) is 9.67. The average molecular weight is 287 g/mol. The number of hydrogen-bond donors (Lipinski definition) is 2. The van der Waals surface area contributed by atoms with Crippen LogP contribution < -0.4 is 10.1 Å². The minimum Gasteiger partial charge on any atom is -0.493 e. The fourth-order valence-electron chi connectivity index (χ4n) is 1.98. The number of aliphatic hydroxyl groups is 1. The Morgan fingerprint density at radius 1 is 1.24 bits per heavy atom. The van der Waals surface area contributed by atoms with Crippen molar-refractivity contribution in [1.29, 1.82) is 0 Å². The molecule has 0 radical (unpaired) electrons. The molecular formula is C16H21N3O2. The van der Waals surface area contributed by atoms with Crippen molar-refractivity contribution in [3.8, 4) is 17.1 Å². The predicted molar refractivity (Wildman–Crippen MR) is 82.0 cm³/mol. The Morgan fingerprint density at radius 2 is 2.10 bits per heavy atom. The molecule has 2 aromatic rings. The largest absolute Gasteiger partial charge is 0.493 e. The van der Waals surface area contributed by atoms with Crippen molar-refractivity contribution < 1.29 is 9.84 Å². The lowest BCUT2D eigenvalue weighted by Gasteiger charge is -2.10. The molecule has 2 rings (SSSR count). The zero-order chi connectivity index (χ0) is 14.9. The van der Waals surface area contributed by atoms with E-state index in [1.54, 1.807) is 6.20 Å². The number of benzene rings is 1. The van der Waals surface area contributed by atoms with Crippen LogP contribution in [0, 0.1) is 0 Å². The van der Waals surface area contributed by atoms with E-state index in [4.69, 9.17) is 9.84 Å². The summed E-state index contributed by atoms with van der Waals surface area (Å²) in [5.41, 5.74) is 1.82. The van der Waals surface area contributed by atoms with Crippen molar-refractivity contribution >= 4 is 0 Å². The minimum absolute atomic E-state index is 0.198. The maximum Gasteiger partial charge on any atom is 0.163 e. The van der Waals surface area contributed by atoms with Crippen LogP contribution in [-0.4, -0.2) is 34.8 Å². The molecule has 0 amide bonds. The van der Waals surface area contributed by atoms with Crippen molar-refractivity contribution in [2.75, 3.05) is 19.8 Å². The van der Waals surface area contributed by atoms with Crippen molar-refractivity contribution in [1.82, 2.24) is 15.3 Å². The lowest BCUT2D eigenvalue weighted by Crippen LogP contribution is -2.16. The van der Waals surface area contributed by atoms with Gasteiger partial charge in [0.2, 0.25) is 0 Å². The summed E-state index contributed by atoms with van der Waals surface area (Å²) in [7, 11) is 0. The summed E-state index contributed by atoms with van der Waals surface area (Å²) >= 11 is 0. The van der Waals surface area contributed by atoms with E-state index in [0.29, 0.717) is 19.0 Å². The van der Waals surface area contributed by atoms with E-state index in [2.05, 4.69) is 15.3 Å². The van der Waals surface area contributed by atoms with Crippen LogP contribution in [0.3, 0.4) is 0 Å². The van der Waals surface area contributed by atoms with Gasteiger partial charge in [-0.3, -0.25) is 0 Å². The van der Waals surface area contributed by atoms with E-state index < -0.39 is 0 Å². The Morgan fingerprint density at radius 3 is 2.90 bits per heavy atom. The van der Waals surface area contributed by atoms with Crippen molar-refractivity contribution in [3.05, 3.63) is 42.2 Å². The highest BCUT2D eigenvalue weighted by Gasteiger charge is 2.08. The standard InChI is InChI=1S/C16H21N3O2/c1-2-21-15-7-4-3-6-14(15)16-18-10-8-13(19-16)12-17-9-5-11-20/h3-4,6-8,10,17,20H,2,5,9,11-12H2,1H3. The topological polar surface area (TPSA) is 67.3 Å². The third kappa shape index (κ3) is 4.51. The third-order valence-corrected chi connectivity index (χ3v) is 2.96. The predicted octanol–water partition coefficient (Wildman–Crippen LogP) is 2.01. The lowest BCUT2D eigenvalue weighted by atomic mass is 10.2. The van der Waals surface area contributed by atoms with Crippen LogP contribution in [0.15, 0.2) is 36.5 Å². The van der Waals surface area contributed by atoms with Gasteiger partial charge in [-0.25, -0.2) is 9.97 Å². The fraction of sp³-hybridized carbons (Fsp3) is 0.375. The molecule has 5 nitrogen and oxygen atoms in total. The van der Waals surface area contributed by atoms with E-state index in [9.17, 15) is 0 Å². The van der Waals surface area contributed by atoms with Gasteiger partial charge in [0, 0.05) is 19.3 Å². The highest BCUT2D eigenvalue weighted by Crippen LogP contribution is 2.26. The van der Waals surface area contributed by atoms with Gasteiger partial charge in [0.15, 0.2) is 5.82 Å². The molecule has 0 atom stereocenters. The lowest BCUT2D eigenvalue weighted by molar-refractivity contribution is 0.286. The van der Waals surface area contributed by atoms with Crippen molar-refractivity contribution in [2.24, 2.45) is 0 Å². The molecule has 2 N–H and O–H groups in total. The van der Waals surface area contributed by atoms with Crippen molar-refractivity contribution in [2.45, 2.75) is 19.9 Å². The van der Waals surface area contributed by atoms with Crippen LogP contribution in [0.2, 0.25) is 0 Å². The molecule has 1 aromatic heterocycles. The molecule has 21 heavy (non-hydrogen) atoms. The third-order valence-electron chi connectivity index (χ3n) is 2.96. The summed E-state index contributed by atoms with van der Waals surface area (Å²) in [4.78, 5) is 8.91. The molecule has 0 saturated carbocycles. The zero-order valence-electron chi connectivity index (χ0n) is 12.2. The Bertz CT molecular complexity index is 561. The molecule has 5 heteroatoms. The number of rotatable bonds is 8. The molecule has 112 valence electrons. The first-order valence-corrected chi connectivity index (χ1v) is 7.21. The highest BCUT2D eigenvalue weighted by atomic mass is 16.5. The molecule has 0 fully saturated rings. The molecule has 0 aliphatic carbocycles. The fourth-order valence-corrected chi connectivity index (χ4v) is 1.98. The van der Waals surface area contributed by atoms with E-state index in [1.807, 2.05) is 37.3 Å². The SMILES string of the molecule is CCOc1ccccc1-c1nccc(CNCCCO)n1. The van der Waals surface area contributed by atoms with Gasteiger partial charge in [0.05, 0.1) is 17.9 Å². The van der Waals surface area contributed by atoms with Crippen LogP contribution >= 0.6 is 0 Å². The van der Waals surface area contributed by atoms with Gasteiger partial charge in [-0.1, -0.05) is 12.1 Å². The van der Waals surface area contributed by atoms with Crippen molar-refractivity contribution in [3.63, 3.8) is 0 Å². The maximum atomic E-state index is 8.76.